The third-order valence-electron chi connectivity index (χ3n) is 3.57. The molecule has 0 fully saturated rings. The molecule has 0 radical (unpaired) electrons. The summed E-state index contributed by atoms with van der Waals surface area (Å²) in [5.41, 5.74) is -0.481. The van der Waals surface area contributed by atoms with E-state index in [1.54, 1.807) is 31.3 Å². The first-order valence-electron chi connectivity index (χ1n) is 6.48. The van der Waals surface area contributed by atoms with Crippen LogP contribution >= 0.6 is 0 Å². The second kappa shape index (κ2) is 5.49. The predicted octanol–water partition coefficient (Wildman–Crippen LogP) is 1.59. The van der Waals surface area contributed by atoms with E-state index in [-0.39, 0.29) is 18.1 Å². The molecule has 8 heteroatoms. The molecule has 0 saturated carbocycles. The van der Waals surface area contributed by atoms with Gasteiger partial charge in [0.05, 0.1) is 6.20 Å². The highest BCUT2D eigenvalue weighted by Gasteiger charge is 2.32. The number of nitrogens with one attached hydrogen (secondary N) is 1. The van der Waals surface area contributed by atoms with Gasteiger partial charge in [0.1, 0.15) is 5.54 Å². The summed E-state index contributed by atoms with van der Waals surface area (Å²) >= 11 is 0. The molecule has 2 N–H and O–H groups in total. The lowest BCUT2D eigenvalue weighted by Crippen LogP contribution is -2.48. The Morgan fingerprint density at radius 2 is 2.29 bits per heavy atom. The SMILES string of the molecule is CCC(C)(NCc1nc2ccccn2c1[N+](=O)[O-])C(=O)O. The topological polar surface area (TPSA) is 110 Å². The maximum atomic E-state index is 11.2. The van der Waals surface area contributed by atoms with Crippen LogP contribution in [0.15, 0.2) is 24.4 Å². The van der Waals surface area contributed by atoms with Gasteiger partial charge in [-0.3, -0.25) is 10.1 Å². The minimum absolute atomic E-state index is 0.00856. The number of imidazole rings is 1. The quantitative estimate of drug-likeness (QED) is 0.618. The second-order valence-electron chi connectivity index (χ2n) is 4.91. The van der Waals surface area contributed by atoms with E-state index in [4.69, 9.17) is 0 Å². The van der Waals surface area contributed by atoms with Crippen molar-refractivity contribution in [3.63, 3.8) is 0 Å². The number of hydrogen-bond acceptors (Lipinski definition) is 5. The van der Waals surface area contributed by atoms with Gasteiger partial charge in [0.2, 0.25) is 5.65 Å². The van der Waals surface area contributed by atoms with Gasteiger partial charge in [0.15, 0.2) is 5.69 Å². The van der Waals surface area contributed by atoms with Crippen molar-refractivity contribution in [3.8, 4) is 0 Å². The number of carboxylic acid groups (broad SMARTS) is 1. The van der Waals surface area contributed by atoms with Crippen LogP contribution in [-0.4, -0.2) is 30.9 Å². The highest BCUT2D eigenvalue weighted by Crippen LogP contribution is 2.21. The highest BCUT2D eigenvalue weighted by molar-refractivity contribution is 5.78. The summed E-state index contributed by atoms with van der Waals surface area (Å²) in [5.74, 6) is -1.15. The maximum absolute atomic E-state index is 11.2. The predicted molar refractivity (Wildman–Crippen MR) is 75.0 cm³/mol. The standard InChI is InChI=1S/C13H16N4O4/c1-3-13(2,12(18)19)14-8-9-11(17(20)21)16-7-5-4-6-10(16)15-9/h4-7,14H,3,8H2,1-2H3,(H,18,19). The Balaban J connectivity index is 2.36. The van der Waals surface area contributed by atoms with Crippen LogP contribution in [0.4, 0.5) is 5.82 Å². The van der Waals surface area contributed by atoms with Gasteiger partial charge < -0.3 is 15.2 Å². The molecule has 21 heavy (non-hydrogen) atoms. The van der Waals surface area contributed by atoms with Crippen LogP contribution in [-0.2, 0) is 11.3 Å². The molecule has 0 saturated heterocycles. The van der Waals surface area contributed by atoms with Gasteiger partial charge in [-0.05, 0) is 24.3 Å². The number of aliphatic carboxylic acids is 1. The normalized spacial score (nSPS) is 14.0. The first kappa shape index (κ1) is 14.9. The molecule has 2 aromatic heterocycles. The van der Waals surface area contributed by atoms with Gasteiger partial charge in [-0.25, -0.2) is 4.98 Å². The fraction of sp³-hybridized carbons (Fsp3) is 0.385. The zero-order chi connectivity index (χ0) is 15.6. The third kappa shape index (κ3) is 2.70. The minimum atomic E-state index is -1.15. The lowest BCUT2D eigenvalue weighted by Gasteiger charge is -2.23. The largest absolute Gasteiger partial charge is 0.480 e. The van der Waals surface area contributed by atoms with Crippen LogP contribution in [0.25, 0.3) is 5.65 Å². The number of carboxylic acids is 1. The lowest BCUT2D eigenvalue weighted by atomic mass is 9.99. The second-order valence-corrected chi connectivity index (χ2v) is 4.91. The Kier molecular flexibility index (Phi) is 3.90. The molecular weight excluding hydrogens is 276 g/mol. The van der Waals surface area contributed by atoms with E-state index in [1.807, 2.05) is 0 Å². The van der Waals surface area contributed by atoms with Crippen molar-refractivity contribution in [1.29, 1.82) is 0 Å². The molecule has 0 aliphatic rings. The van der Waals surface area contributed by atoms with E-state index in [0.29, 0.717) is 12.1 Å². The molecule has 0 aliphatic carbocycles. The first-order valence-corrected chi connectivity index (χ1v) is 6.48. The van der Waals surface area contributed by atoms with E-state index < -0.39 is 16.4 Å². The van der Waals surface area contributed by atoms with Gasteiger partial charge in [0, 0.05) is 12.6 Å². The van der Waals surface area contributed by atoms with Crippen molar-refractivity contribution in [2.45, 2.75) is 32.4 Å². The molecule has 0 bridgehead atoms. The monoisotopic (exact) mass is 292 g/mol. The molecule has 2 aromatic rings. The van der Waals surface area contributed by atoms with E-state index >= 15 is 0 Å². The van der Waals surface area contributed by atoms with Gasteiger partial charge >= 0.3 is 11.8 Å². The fourth-order valence-electron chi connectivity index (χ4n) is 1.97. The number of pyridine rings is 1. The molecule has 0 aromatic carbocycles. The molecule has 2 heterocycles. The summed E-state index contributed by atoms with van der Waals surface area (Å²) in [6, 6.07) is 5.07. The summed E-state index contributed by atoms with van der Waals surface area (Å²) in [7, 11) is 0. The van der Waals surface area contributed by atoms with Crippen molar-refractivity contribution in [2.24, 2.45) is 0 Å². The van der Waals surface area contributed by atoms with E-state index in [2.05, 4.69) is 10.3 Å². The number of carbonyl (C=O) groups is 1. The summed E-state index contributed by atoms with van der Waals surface area (Å²) in [5, 5.41) is 23.3. The molecular formula is C13H16N4O4. The molecule has 1 atom stereocenters. The van der Waals surface area contributed by atoms with Gasteiger partial charge in [-0.2, -0.15) is 4.40 Å². The number of nitro groups is 1. The average molecular weight is 292 g/mol. The molecule has 0 amide bonds. The number of fused-ring (bicyclic) bond motifs is 1. The maximum Gasteiger partial charge on any atom is 0.352 e. The lowest BCUT2D eigenvalue weighted by molar-refractivity contribution is -0.391. The van der Waals surface area contributed by atoms with Crippen molar-refractivity contribution < 1.29 is 14.8 Å². The molecule has 1 unspecified atom stereocenters. The smallest absolute Gasteiger partial charge is 0.352 e. The van der Waals surface area contributed by atoms with Gasteiger partial charge in [0.25, 0.3) is 0 Å². The first-order chi connectivity index (χ1) is 9.89. The van der Waals surface area contributed by atoms with Gasteiger partial charge in [-0.15, -0.1) is 0 Å². The summed E-state index contributed by atoms with van der Waals surface area (Å²) in [6.07, 6.45) is 1.91. The van der Waals surface area contributed by atoms with Crippen LogP contribution in [0, 0.1) is 10.1 Å². The van der Waals surface area contributed by atoms with Crippen LogP contribution in [0.3, 0.4) is 0 Å². The number of rotatable bonds is 6. The van der Waals surface area contributed by atoms with E-state index in [9.17, 15) is 20.0 Å². The third-order valence-corrected chi connectivity index (χ3v) is 3.57. The molecule has 0 spiro atoms. The van der Waals surface area contributed by atoms with Crippen molar-refractivity contribution in [1.82, 2.24) is 14.7 Å². The number of aromatic nitrogens is 2. The summed E-state index contributed by atoms with van der Waals surface area (Å²) in [4.78, 5) is 26.2. The Morgan fingerprint density at radius 1 is 1.57 bits per heavy atom. The molecule has 2 rings (SSSR count). The van der Waals surface area contributed by atoms with Crippen LogP contribution in [0.5, 0.6) is 0 Å². The van der Waals surface area contributed by atoms with Crippen molar-refractivity contribution in [3.05, 3.63) is 40.2 Å². The number of hydrogen-bond donors (Lipinski definition) is 2. The van der Waals surface area contributed by atoms with Gasteiger partial charge in [-0.1, -0.05) is 13.0 Å². The zero-order valence-electron chi connectivity index (χ0n) is 11.7. The summed E-state index contributed by atoms with van der Waals surface area (Å²) in [6.45, 7) is 3.28. The fourth-order valence-corrected chi connectivity index (χ4v) is 1.97. The Labute approximate surface area is 120 Å². The zero-order valence-corrected chi connectivity index (χ0v) is 11.7. The minimum Gasteiger partial charge on any atom is -0.480 e. The van der Waals surface area contributed by atoms with Crippen LogP contribution < -0.4 is 5.32 Å². The highest BCUT2D eigenvalue weighted by atomic mass is 16.6. The van der Waals surface area contributed by atoms with Crippen LogP contribution in [0.1, 0.15) is 26.0 Å². The van der Waals surface area contributed by atoms with E-state index in [1.165, 1.54) is 11.3 Å². The van der Waals surface area contributed by atoms with Crippen molar-refractivity contribution >= 4 is 17.4 Å². The molecule has 8 nitrogen and oxygen atoms in total. The number of nitrogens with zero attached hydrogens (tertiary/aromatic N) is 3. The Bertz CT molecular complexity index is 697. The Morgan fingerprint density at radius 3 is 2.86 bits per heavy atom. The Hall–Kier alpha value is -2.48. The van der Waals surface area contributed by atoms with Crippen molar-refractivity contribution in [2.75, 3.05) is 0 Å². The average Bonchev–Trinajstić information content (AvgIpc) is 2.82. The molecule has 112 valence electrons. The summed E-state index contributed by atoms with van der Waals surface area (Å²) < 4.78 is 1.38. The van der Waals surface area contributed by atoms with Crippen LogP contribution in [0.2, 0.25) is 0 Å². The van der Waals surface area contributed by atoms with E-state index in [0.717, 1.165) is 0 Å². The molecule has 0 aliphatic heterocycles.